The van der Waals surface area contributed by atoms with Crippen molar-refractivity contribution in [2.45, 2.75) is 102 Å². The number of aliphatic hydroxyl groups excluding tert-OH is 2. The van der Waals surface area contributed by atoms with Crippen LogP contribution in [0.1, 0.15) is 75.6 Å². The number of ether oxygens (including phenoxy) is 1. The Balaban J connectivity index is 1.88. The highest BCUT2D eigenvalue weighted by Crippen LogP contribution is 2.18. The number of esters is 1. The molecule has 21 nitrogen and oxygen atoms in total. The van der Waals surface area contributed by atoms with Crippen molar-refractivity contribution in [3.8, 4) is 5.75 Å². The maximum absolute atomic E-state index is 14.7. The number of cyclic esters (lactones) is 1. The number of phenols is 1. The van der Waals surface area contributed by atoms with Gasteiger partial charge in [-0.2, -0.15) is 0 Å². The summed E-state index contributed by atoms with van der Waals surface area (Å²) in [4.78, 5) is 126. The van der Waals surface area contributed by atoms with Gasteiger partial charge in [0.1, 0.15) is 48.3 Å². The van der Waals surface area contributed by atoms with E-state index in [0.29, 0.717) is 11.1 Å². The van der Waals surface area contributed by atoms with Crippen molar-refractivity contribution in [2.24, 2.45) is 11.7 Å². The molecular formula is C53H66N8O13. The smallest absolute Gasteiger partial charge is 0.331 e. The number of aromatic hydroxyl groups is 1. The molecular weight excluding hydrogens is 957 g/mol. The summed E-state index contributed by atoms with van der Waals surface area (Å²) in [6.45, 7) is 4.62. The molecule has 0 bridgehead atoms. The van der Waals surface area contributed by atoms with Gasteiger partial charge in [0, 0.05) is 19.5 Å². The SMILES string of the molecule is CCC/C=C\c1ccccc1/C=C/C(=O)N[C@H]1COC(=O)[C@H](CO)NC(=O)C(CC(N)=O)NC(=O)C(C(C)O)NC(=O)[C@@H](Cc2ccccc2)NC(=O)C(CC(C)C)NC(=O)/C(=C\c2ccc(O)cc2)N(C)C1=O. The fourth-order valence-corrected chi connectivity index (χ4v) is 7.46. The molecule has 1 fully saturated rings. The number of primary amides is 1. The van der Waals surface area contributed by atoms with Crippen molar-refractivity contribution in [3.05, 3.63) is 119 Å². The summed E-state index contributed by atoms with van der Waals surface area (Å²) in [5.74, 6) is -10.1. The van der Waals surface area contributed by atoms with Crippen LogP contribution in [0.4, 0.5) is 0 Å². The fourth-order valence-electron chi connectivity index (χ4n) is 7.46. The Morgan fingerprint density at radius 2 is 1.38 bits per heavy atom. The van der Waals surface area contributed by atoms with E-state index in [1.54, 1.807) is 56.3 Å². The molecule has 0 saturated carbocycles. The van der Waals surface area contributed by atoms with Crippen molar-refractivity contribution in [1.82, 2.24) is 36.8 Å². The number of nitrogens with two attached hydrogens (primary N) is 1. The van der Waals surface area contributed by atoms with Crippen LogP contribution in [0.3, 0.4) is 0 Å². The van der Waals surface area contributed by atoms with E-state index in [0.717, 1.165) is 36.3 Å². The number of allylic oxidation sites excluding steroid dienone is 1. The summed E-state index contributed by atoms with van der Waals surface area (Å²) >= 11 is 0. The van der Waals surface area contributed by atoms with Gasteiger partial charge in [-0.05, 0) is 72.2 Å². The topological polar surface area (TPSA) is 325 Å². The zero-order valence-electron chi connectivity index (χ0n) is 41.9. The molecule has 3 aromatic rings. The average molecular weight is 1020 g/mol. The lowest BCUT2D eigenvalue weighted by Gasteiger charge is -2.29. The zero-order valence-corrected chi connectivity index (χ0v) is 41.9. The van der Waals surface area contributed by atoms with Crippen LogP contribution in [0.15, 0.2) is 96.7 Å². The molecule has 7 atom stereocenters. The summed E-state index contributed by atoms with van der Waals surface area (Å²) in [5.41, 5.74) is 7.27. The van der Waals surface area contributed by atoms with E-state index >= 15 is 0 Å². The molecule has 3 aromatic carbocycles. The number of nitrogens with zero attached hydrogens (tertiary/aromatic N) is 1. The van der Waals surface area contributed by atoms with Crippen molar-refractivity contribution < 1.29 is 63.2 Å². The highest BCUT2D eigenvalue weighted by atomic mass is 16.5. The van der Waals surface area contributed by atoms with Crippen molar-refractivity contribution in [2.75, 3.05) is 20.3 Å². The molecule has 396 valence electrons. The Morgan fingerprint density at radius 3 is 1.99 bits per heavy atom. The number of carbonyl (C=O) groups is 9. The second-order valence-corrected chi connectivity index (χ2v) is 18.0. The van der Waals surface area contributed by atoms with Crippen LogP contribution in [0.25, 0.3) is 18.2 Å². The third-order valence-corrected chi connectivity index (χ3v) is 11.4. The molecule has 4 unspecified atom stereocenters. The Labute approximate surface area is 429 Å². The molecule has 0 aliphatic carbocycles. The van der Waals surface area contributed by atoms with E-state index in [-0.39, 0.29) is 30.1 Å². The lowest BCUT2D eigenvalue weighted by atomic mass is 10.00. The quantitative estimate of drug-likeness (QED) is 0.0743. The Morgan fingerprint density at radius 1 is 0.784 bits per heavy atom. The number of hydrogen-bond donors (Lipinski definition) is 10. The molecule has 8 amide bonds. The number of benzene rings is 3. The third kappa shape index (κ3) is 18.1. The molecule has 0 spiro atoms. The lowest BCUT2D eigenvalue weighted by Crippen LogP contribution is -2.62. The first kappa shape index (κ1) is 58.4. The average Bonchev–Trinajstić information content (AvgIpc) is 3.36. The minimum absolute atomic E-state index is 0.0199. The number of amides is 8. The molecule has 11 N–H and O–H groups in total. The molecule has 4 rings (SSSR count). The first-order valence-electron chi connectivity index (χ1n) is 24.0. The van der Waals surface area contributed by atoms with E-state index < -0.39 is 121 Å². The number of nitrogens with one attached hydrogen (secondary N) is 6. The Kier molecular flexibility index (Phi) is 22.7. The van der Waals surface area contributed by atoms with Gasteiger partial charge in [0.2, 0.25) is 35.4 Å². The first-order valence-corrected chi connectivity index (χ1v) is 24.0. The van der Waals surface area contributed by atoms with Crippen molar-refractivity contribution >= 4 is 71.5 Å². The van der Waals surface area contributed by atoms with E-state index in [2.05, 4.69) is 31.9 Å². The van der Waals surface area contributed by atoms with Crippen LogP contribution in [-0.2, 0) is 54.3 Å². The van der Waals surface area contributed by atoms with Crippen LogP contribution >= 0.6 is 0 Å². The van der Waals surface area contributed by atoms with Gasteiger partial charge in [-0.15, -0.1) is 0 Å². The molecule has 1 aliphatic heterocycles. The van der Waals surface area contributed by atoms with Crippen molar-refractivity contribution in [1.29, 1.82) is 0 Å². The Hall–Kier alpha value is -8.17. The standard InChI is InChI=1S/C53H66N8O13/c1-6-7-9-16-35-17-12-13-18-36(35)21-24-45(66)55-42-30-74-53(73)41(29-62)59-48(68)40(28-44(54)65)58-51(71)46(32(4)63)60-49(69)39(26-33-14-10-8-11-15-33)56-47(67)38(25-31(2)3)57-50(70)43(61(5)52(42)72)27-34-19-22-37(64)23-20-34/h8-24,27,31-32,38-42,46,62-64H,6-7,25-26,28-30H2,1-5H3,(H2,54,65)(H,55,66)(H,56,67)(H,57,70)(H,58,71)(H,59,68)(H,60,69)/b16-9-,24-21+,43-27+/t32?,38?,39-,40?,41+,42+,46?/m1/s1. The largest absolute Gasteiger partial charge is 0.508 e. The molecule has 0 aromatic heterocycles. The molecule has 1 aliphatic rings. The molecule has 1 heterocycles. The van der Waals surface area contributed by atoms with Crippen LogP contribution in [0.5, 0.6) is 5.75 Å². The number of carbonyl (C=O) groups excluding carboxylic acids is 9. The van der Waals surface area contributed by atoms with E-state index in [1.165, 1.54) is 43.5 Å². The summed E-state index contributed by atoms with van der Waals surface area (Å²) in [6.07, 6.45) is 6.76. The molecule has 0 radical (unpaired) electrons. The monoisotopic (exact) mass is 1020 g/mol. The molecule has 21 heteroatoms. The minimum atomic E-state index is -1.92. The van der Waals surface area contributed by atoms with Crippen LogP contribution in [0.2, 0.25) is 0 Å². The van der Waals surface area contributed by atoms with Crippen LogP contribution < -0.4 is 37.6 Å². The highest BCUT2D eigenvalue weighted by molar-refractivity contribution is 6.05. The molecule has 74 heavy (non-hydrogen) atoms. The zero-order chi connectivity index (χ0) is 54.5. The van der Waals surface area contributed by atoms with E-state index in [9.17, 15) is 58.5 Å². The van der Waals surface area contributed by atoms with Gasteiger partial charge >= 0.3 is 5.97 Å². The predicted molar refractivity (Wildman–Crippen MR) is 273 cm³/mol. The second-order valence-electron chi connectivity index (χ2n) is 18.0. The van der Waals surface area contributed by atoms with Gasteiger partial charge in [-0.25, -0.2) is 4.79 Å². The maximum Gasteiger partial charge on any atom is 0.331 e. The van der Waals surface area contributed by atoms with E-state index in [1.807, 2.05) is 31.2 Å². The van der Waals surface area contributed by atoms with Gasteiger partial charge in [0.15, 0.2) is 6.04 Å². The summed E-state index contributed by atoms with van der Waals surface area (Å²) in [7, 11) is 1.18. The number of phenolic OH excluding ortho intramolecular Hbond substituents is 1. The summed E-state index contributed by atoms with van der Waals surface area (Å²) in [5, 5.41) is 45.8. The number of likely N-dealkylation sites (N-methyl/N-ethyl adjacent to an activating group) is 1. The first-order chi connectivity index (χ1) is 35.2. The summed E-state index contributed by atoms with van der Waals surface area (Å²) in [6, 6.07) is 10.8. The van der Waals surface area contributed by atoms with Gasteiger partial charge in [0.05, 0.1) is 19.1 Å². The fraction of sp³-hybridized carbons (Fsp3) is 0.377. The van der Waals surface area contributed by atoms with Crippen LogP contribution in [0, 0.1) is 5.92 Å². The predicted octanol–water partition coefficient (Wildman–Crippen LogP) is 0.721. The van der Waals surface area contributed by atoms with E-state index in [4.69, 9.17) is 10.5 Å². The van der Waals surface area contributed by atoms with Gasteiger partial charge < -0.3 is 62.6 Å². The van der Waals surface area contributed by atoms with Crippen molar-refractivity contribution in [3.63, 3.8) is 0 Å². The van der Waals surface area contributed by atoms with Gasteiger partial charge in [-0.1, -0.05) is 106 Å². The highest BCUT2D eigenvalue weighted by Gasteiger charge is 2.37. The number of rotatable bonds is 15. The van der Waals surface area contributed by atoms with Crippen LogP contribution in [-0.4, -0.2) is 136 Å². The number of aliphatic hydroxyl groups is 2. The maximum atomic E-state index is 14.7. The third-order valence-electron chi connectivity index (χ3n) is 11.4. The lowest BCUT2D eigenvalue weighted by molar-refractivity contribution is -0.152. The minimum Gasteiger partial charge on any atom is -0.508 e. The summed E-state index contributed by atoms with van der Waals surface area (Å²) < 4.78 is 5.42. The second kappa shape index (κ2) is 28.8. The number of hydrogen-bond acceptors (Lipinski definition) is 13. The van der Waals surface area contributed by atoms with Gasteiger partial charge in [-0.3, -0.25) is 38.4 Å². The van der Waals surface area contributed by atoms with Gasteiger partial charge in [0.25, 0.3) is 11.8 Å². The Bertz CT molecular complexity index is 2560. The molecule has 1 saturated heterocycles. The normalized spacial score (nSPS) is 22.2. The number of unbranched alkanes of at least 4 members (excludes halogenated alkanes) is 1.